The van der Waals surface area contributed by atoms with Crippen molar-refractivity contribution in [3.8, 4) is 5.75 Å². The molecule has 2 rings (SSSR count). The standard InChI is InChI=1S/C21H24ClNO4/c1-4-15-5-7-16(8-6-15)14(2)23-20(24)13-27-21(25)12-17-11-18(22)9-10-19(17)26-3/h5-11,14H,4,12-13H2,1-3H3,(H,23,24)/t14-/m1/s1. The molecule has 0 bridgehead atoms. The summed E-state index contributed by atoms with van der Waals surface area (Å²) in [5.41, 5.74) is 2.85. The molecule has 0 saturated heterocycles. The van der Waals surface area contributed by atoms with Crippen molar-refractivity contribution < 1.29 is 19.1 Å². The number of hydrogen-bond acceptors (Lipinski definition) is 4. The van der Waals surface area contributed by atoms with E-state index in [9.17, 15) is 9.59 Å². The van der Waals surface area contributed by atoms with Crippen molar-refractivity contribution in [2.24, 2.45) is 0 Å². The molecule has 0 unspecified atom stereocenters. The molecule has 0 radical (unpaired) electrons. The number of aryl methyl sites for hydroxylation is 1. The molecule has 0 aliphatic heterocycles. The predicted molar refractivity (Wildman–Crippen MR) is 105 cm³/mol. The number of rotatable bonds is 8. The molecule has 1 atom stereocenters. The van der Waals surface area contributed by atoms with Crippen molar-refractivity contribution in [3.05, 3.63) is 64.2 Å². The second-order valence-electron chi connectivity index (χ2n) is 6.18. The summed E-state index contributed by atoms with van der Waals surface area (Å²) in [7, 11) is 1.51. The smallest absolute Gasteiger partial charge is 0.310 e. The fraction of sp³-hybridized carbons (Fsp3) is 0.333. The molecule has 5 nitrogen and oxygen atoms in total. The molecule has 0 spiro atoms. The molecular formula is C21H24ClNO4. The molecule has 0 heterocycles. The quantitative estimate of drug-likeness (QED) is 0.696. The Hall–Kier alpha value is -2.53. The van der Waals surface area contributed by atoms with Crippen LogP contribution in [0.25, 0.3) is 0 Å². The molecule has 0 aliphatic rings. The van der Waals surface area contributed by atoms with E-state index in [2.05, 4.69) is 12.2 Å². The van der Waals surface area contributed by atoms with E-state index in [1.165, 1.54) is 12.7 Å². The topological polar surface area (TPSA) is 64.6 Å². The first kappa shape index (κ1) is 20.8. The van der Waals surface area contributed by atoms with Gasteiger partial charge in [0.2, 0.25) is 0 Å². The van der Waals surface area contributed by atoms with Gasteiger partial charge in [-0.2, -0.15) is 0 Å². The van der Waals surface area contributed by atoms with Gasteiger partial charge < -0.3 is 14.8 Å². The van der Waals surface area contributed by atoms with E-state index < -0.39 is 5.97 Å². The minimum absolute atomic E-state index is 0.0228. The van der Waals surface area contributed by atoms with Gasteiger partial charge in [0.25, 0.3) is 5.91 Å². The van der Waals surface area contributed by atoms with E-state index in [0.29, 0.717) is 16.3 Å². The van der Waals surface area contributed by atoms with E-state index >= 15 is 0 Å². The third-order valence-corrected chi connectivity index (χ3v) is 4.44. The van der Waals surface area contributed by atoms with Crippen LogP contribution in [0.3, 0.4) is 0 Å². The van der Waals surface area contributed by atoms with Gasteiger partial charge in [-0.05, 0) is 42.7 Å². The first-order valence-corrected chi connectivity index (χ1v) is 9.17. The van der Waals surface area contributed by atoms with Crippen molar-refractivity contribution in [1.82, 2.24) is 5.32 Å². The number of hydrogen-bond donors (Lipinski definition) is 1. The van der Waals surface area contributed by atoms with Gasteiger partial charge in [0.1, 0.15) is 5.75 Å². The lowest BCUT2D eigenvalue weighted by molar-refractivity contribution is -0.148. The highest BCUT2D eigenvalue weighted by Gasteiger charge is 2.14. The van der Waals surface area contributed by atoms with Gasteiger partial charge in [0.05, 0.1) is 19.6 Å². The third kappa shape index (κ3) is 6.29. The van der Waals surface area contributed by atoms with E-state index in [1.807, 2.05) is 31.2 Å². The third-order valence-electron chi connectivity index (χ3n) is 4.21. The van der Waals surface area contributed by atoms with Gasteiger partial charge >= 0.3 is 5.97 Å². The lowest BCUT2D eigenvalue weighted by Crippen LogP contribution is -2.31. The number of carbonyl (C=O) groups is 2. The Kier molecular flexibility index (Phi) is 7.67. The van der Waals surface area contributed by atoms with Gasteiger partial charge in [-0.25, -0.2) is 0 Å². The van der Waals surface area contributed by atoms with Gasteiger partial charge in [-0.3, -0.25) is 9.59 Å². The minimum Gasteiger partial charge on any atom is -0.496 e. The van der Waals surface area contributed by atoms with Crippen LogP contribution in [-0.2, 0) is 27.2 Å². The van der Waals surface area contributed by atoms with Crippen molar-refractivity contribution in [1.29, 1.82) is 0 Å². The summed E-state index contributed by atoms with van der Waals surface area (Å²) in [5, 5.41) is 3.32. The highest BCUT2D eigenvalue weighted by molar-refractivity contribution is 6.30. The lowest BCUT2D eigenvalue weighted by atomic mass is 10.1. The number of benzene rings is 2. The number of nitrogens with one attached hydrogen (secondary N) is 1. The Morgan fingerprint density at radius 3 is 2.48 bits per heavy atom. The van der Waals surface area contributed by atoms with Crippen LogP contribution >= 0.6 is 11.6 Å². The molecular weight excluding hydrogens is 366 g/mol. The maximum absolute atomic E-state index is 12.0. The molecule has 0 aromatic heterocycles. The molecule has 144 valence electrons. The second-order valence-corrected chi connectivity index (χ2v) is 6.61. The number of carbonyl (C=O) groups excluding carboxylic acids is 2. The zero-order valence-corrected chi connectivity index (χ0v) is 16.5. The van der Waals surface area contributed by atoms with Gasteiger partial charge in [0, 0.05) is 10.6 Å². The molecule has 1 amide bonds. The predicted octanol–water partition coefficient (Wildman–Crippen LogP) is 3.87. The van der Waals surface area contributed by atoms with Crippen LogP contribution in [0, 0.1) is 0 Å². The summed E-state index contributed by atoms with van der Waals surface area (Å²) >= 11 is 5.95. The zero-order valence-electron chi connectivity index (χ0n) is 15.8. The summed E-state index contributed by atoms with van der Waals surface area (Å²) < 4.78 is 10.3. The molecule has 2 aromatic carbocycles. The Bertz CT molecular complexity index is 789. The van der Waals surface area contributed by atoms with Crippen molar-refractivity contribution in [2.75, 3.05) is 13.7 Å². The van der Waals surface area contributed by atoms with E-state index in [-0.39, 0.29) is 25.0 Å². The normalized spacial score (nSPS) is 11.6. The Balaban J connectivity index is 1.84. The number of methoxy groups -OCH3 is 1. The number of halogens is 1. The average molecular weight is 390 g/mol. The van der Waals surface area contributed by atoms with Crippen LogP contribution in [0.4, 0.5) is 0 Å². The molecule has 27 heavy (non-hydrogen) atoms. The van der Waals surface area contributed by atoms with Crippen LogP contribution in [0.2, 0.25) is 5.02 Å². The SMILES string of the molecule is CCc1ccc([C@@H](C)NC(=O)COC(=O)Cc2cc(Cl)ccc2OC)cc1. The first-order valence-electron chi connectivity index (χ1n) is 8.79. The Labute approximate surface area is 164 Å². The van der Waals surface area contributed by atoms with Gasteiger partial charge in [0.15, 0.2) is 6.61 Å². The largest absolute Gasteiger partial charge is 0.496 e. The number of esters is 1. The van der Waals surface area contributed by atoms with Crippen LogP contribution in [0.15, 0.2) is 42.5 Å². The Morgan fingerprint density at radius 1 is 1.15 bits per heavy atom. The maximum atomic E-state index is 12.0. The highest BCUT2D eigenvalue weighted by atomic mass is 35.5. The maximum Gasteiger partial charge on any atom is 0.310 e. The second kappa shape index (κ2) is 9.97. The molecule has 0 saturated carbocycles. The van der Waals surface area contributed by atoms with Crippen LogP contribution in [0.5, 0.6) is 5.75 Å². The molecule has 1 N–H and O–H groups in total. The van der Waals surface area contributed by atoms with Crippen molar-refractivity contribution in [2.45, 2.75) is 32.7 Å². The van der Waals surface area contributed by atoms with Crippen LogP contribution in [-0.4, -0.2) is 25.6 Å². The van der Waals surface area contributed by atoms with E-state index in [4.69, 9.17) is 21.1 Å². The number of amides is 1. The van der Waals surface area contributed by atoms with Gasteiger partial charge in [-0.1, -0.05) is 42.8 Å². The summed E-state index contributed by atoms with van der Waals surface area (Å²) in [6, 6.07) is 12.9. The molecule has 0 fully saturated rings. The molecule has 0 aliphatic carbocycles. The lowest BCUT2D eigenvalue weighted by Gasteiger charge is -2.15. The molecule has 2 aromatic rings. The van der Waals surface area contributed by atoms with Crippen LogP contribution in [0.1, 0.15) is 36.6 Å². The monoisotopic (exact) mass is 389 g/mol. The Morgan fingerprint density at radius 2 is 1.85 bits per heavy atom. The zero-order chi connectivity index (χ0) is 19.8. The summed E-state index contributed by atoms with van der Waals surface area (Å²) in [5.74, 6) is -0.330. The van der Waals surface area contributed by atoms with Crippen molar-refractivity contribution >= 4 is 23.5 Å². The first-order chi connectivity index (χ1) is 12.9. The van der Waals surface area contributed by atoms with E-state index in [1.54, 1.807) is 18.2 Å². The summed E-state index contributed by atoms with van der Waals surface area (Å²) in [4.78, 5) is 24.1. The summed E-state index contributed by atoms with van der Waals surface area (Å²) in [6.45, 7) is 3.64. The fourth-order valence-electron chi connectivity index (χ4n) is 2.65. The van der Waals surface area contributed by atoms with Crippen LogP contribution < -0.4 is 10.1 Å². The number of ether oxygens (including phenoxy) is 2. The minimum atomic E-state index is -0.523. The van der Waals surface area contributed by atoms with Gasteiger partial charge in [-0.15, -0.1) is 0 Å². The summed E-state index contributed by atoms with van der Waals surface area (Å²) in [6.07, 6.45) is 0.944. The average Bonchev–Trinajstić information content (AvgIpc) is 2.66. The highest BCUT2D eigenvalue weighted by Crippen LogP contribution is 2.23. The van der Waals surface area contributed by atoms with Crippen molar-refractivity contribution in [3.63, 3.8) is 0 Å². The fourth-order valence-corrected chi connectivity index (χ4v) is 2.84. The van der Waals surface area contributed by atoms with E-state index in [0.717, 1.165) is 12.0 Å². The molecule has 6 heteroatoms.